The Balaban J connectivity index is 1.42. The van der Waals surface area contributed by atoms with Crippen LogP contribution in [0.15, 0.2) is 59.9 Å². The van der Waals surface area contributed by atoms with Gasteiger partial charge < -0.3 is 9.30 Å². The molecule has 0 radical (unpaired) electrons. The van der Waals surface area contributed by atoms with Gasteiger partial charge in [0, 0.05) is 29.6 Å². The summed E-state index contributed by atoms with van der Waals surface area (Å²) < 4.78 is 11.3. The van der Waals surface area contributed by atoms with Crippen molar-refractivity contribution in [2.24, 2.45) is 7.05 Å². The fourth-order valence-corrected chi connectivity index (χ4v) is 5.65. The minimum atomic E-state index is -0.170. The third-order valence-corrected chi connectivity index (χ3v) is 7.71. The van der Waals surface area contributed by atoms with Gasteiger partial charge in [-0.1, -0.05) is 6.07 Å². The van der Waals surface area contributed by atoms with Crippen LogP contribution in [0.1, 0.15) is 11.4 Å². The summed E-state index contributed by atoms with van der Waals surface area (Å²) in [4.78, 5) is 26.5. The largest absolute Gasteiger partial charge is 0.438 e. The number of hydrogen-bond acceptors (Lipinski definition) is 7. The quantitative estimate of drug-likeness (QED) is 0.215. The molecule has 10 nitrogen and oxygen atoms in total. The van der Waals surface area contributed by atoms with E-state index in [0.29, 0.717) is 30.1 Å². The van der Waals surface area contributed by atoms with Crippen molar-refractivity contribution >= 4 is 61.3 Å². The van der Waals surface area contributed by atoms with Crippen molar-refractivity contribution in [3.8, 4) is 11.6 Å². The molecule has 0 saturated heterocycles. The first-order valence-corrected chi connectivity index (χ1v) is 14.7. The number of aryl methyl sites for hydroxylation is 2. The summed E-state index contributed by atoms with van der Waals surface area (Å²) >= 11 is 2.25. The Hall–Kier alpha value is -3.44. The lowest BCUT2D eigenvalue weighted by Crippen LogP contribution is -2.24. The topological polar surface area (TPSA) is 106 Å². The number of nitrogens with zero attached hydrogens (tertiary/aromatic N) is 8. The van der Waals surface area contributed by atoms with Crippen LogP contribution in [0.3, 0.4) is 0 Å². The molecule has 5 aromatic heterocycles. The fourth-order valence-electron chi connectivity index (χ4n) is 4.23. The molecule has 1 atom stereocenters. The maximum Gasteiger partial charge on any atom is 0.291 e. The Morgan fingerprint density at radius 2 is 1.91 bits per heavy atom. The van der Waals surface area contributed by atoms with Crippen LogP contribution in [0, 0.1) is 6.92 Å². The van der Waals surface area contributed by atoms with Crippen molar-refractivity contribution < 1.29 is 4.74 Å². The molecule has 6 rings (SSSR count). The van der Waals surface area contributed by atoms with Crippen LogP contribution < -0.4 is 10.3 Å². The lowest BCUT2D eigenvalue weighted by Gasteiger charge is -2.06. The van der Waals surface area contributed by atoms with Crippen molar-refractivity contribution in [1.29, 1.82) is 0 Å². The molecule has 0 amide bonds. The highest BCUT2D eigenvalue weighted by Crippen LogP contribution is 2.34. The average Bonchev–Trinajstić information content (AvgIpc) is 3.41. The molecule has 0 aliphatic rings. The third kappa shape index (κ3) is 3.75. The Morgan fingerprint density at radius 3 is 2.74 bits per heavy atom. The average molecular weight is 596 g/mol. The Morgan fingerprint density at radius 1 is 1.06 bits per heavy atom. The van der Waals surface area contributed by atoms with Gasteiger partial charge in [-0.25, -0.2) is 19.1 Å². The van der Waals surface area contributed by atoms with E-state index in [1.165, 1.54) is 11.0 Å². The van der Waals surface area contributed by atoms with Gasteiger partial charge in [0.2, 0.25) is 5.88 Å². The smallest absolute Gasteiger partial charge is 0.291 e. The molecule has 5 heterocycles. The van der Waals surface area contributed by atoms with Gasteiger partial charge in [-0.05, 0) is 53.2 Å². The highest BCUT2D eigenvalue weighted by Gasteiger charge is 2.16. The van der Waals surface area contributed by atoms with Crippen LogP contribution in [0.2, 0.25) is 0 Å². The van der Waals surface area contributed by atoms with E-state index < -0.39 is 0 Å². The number of aromatic nitrogens is 8. The van der Waals surface area contributed by atoms with Crippen molar-refractivity contribution in [3.63, 3.8) is 0 Å². The summed E-state index contributed by atoms with van der Waals surface area (Å²) in [6.45, 7) is 2.23. The number of rotatable bonds is 5. The highest BCUT2D eigenvalue weighted by molar-refractivity contribution is 14.2. The van der Waals surface area contributed by atoms with Crippen LogP contribution in [-0.2, 0) is 13.6 Å². The number of fused-ring (bicyclic) bond motifs is 4. The predicted octanol–water partition coefficient (Wildman–Crippen LogP) is 4.36. The maximum atomic E-state index is 13.4. The standard InChI is InChI=1S/C23H18IN8O2P/c1-13-4-3-5-14(29-13)11-31-23(33)20-17(9-27-31)16-7-6-15(8-19(16)30(20)2)34-22-18-10-28-32(35-24)21(18)25-12-26-22/h3-10,12,35H,11H2,1-2H3. The van der Waals surface area contributed by atoms with Gasteiger partial charge in [0.25, 0.3) is 5.56 Å². The van der Waals surface area contributed by atoms with Crippen molar-refractivity contribution in [3.05, 3.63) is 76.9 Å². The molecule has 0 fully saturated rings. The van der Waals surface area contributed by atoms with Gasteiger partial charge in [-0.15, -0.1) is 0 Å². The summed E-state index contributed by atoms with van der Waals surface area (Å²) in [5.41, 5.74) is 3.68. The van der Waals surface area contributed by atoms with Gasteiger partial charge >= 0.3 is 0 Å². The van der Waals surface area contributed by atoms with E-state index in [2.05, 4.69) is 47.2 Å². The first-order valence-electron chi connectivity index (χ1n) is 10.7. The van der Waals surface area contributed by atoms with E-state index in [1.807, 2.05) is 59.4 Å². The van der Waals surface area contributed by atoms with Crippen LogP contribution >= 0.6 is 28.4 Å². The SMILES string of the molecule is Cc1cccc(Cn2ncc3c4ccc(Oc5ncnc6c5cnn6PI)cc4n(C)c3c2=O)n1. The normalized spacial score (nSPS) is 12.0. The first-order chi connectivity index (χ1) is 17.0. The van der Waals surface area contributed by atoms with Gasteiger partial charge in [0.15, 0.2) is 5.65 Å². The Kier molecular flexibility index (Phi) is 5.45. The minimum Gasteiger partial charge on any atom is -0.438 e. The lowest BCUT2D eigenvalue weighted by atomic mass is 10.2. The van der Waals surface area contributed by atoms with E-state index in [9.17, 15) is 4.79 Å². The van der Waals surface area contributed by atoms with E-state index in [1.54, 1.807) is 12.4 Å². The molecule has 0 spiro atoms. The van der Waals surface area contributed by atoms with Crippen LogP contribution in [-0.4, -0.2) is 38.9 Å². The summed E-state index contributed by atoms with van der Waals surface area (Å²) in [5, 5.41) is 11.2. The maximum absolute atomic E-state index is 13.4. The number of halogens is 1. The van der Waals surface area contributed by atoms with Crippen LogP contribution in [0.5, 0.6) is 11.6 Å². The van der Waals surface area contributed by atoms with E-state index in [4.69, 9.17) is 4.74 Å². The van der Waals surface area contributed by atoms with Gasteiger partial charge in [-0.3, -0.25) is 9.78 Å². The number of ether oxygens (including phenoxy) is 1. The molecule has 174 valence electrons. The second kappa shape index (κ2) is 8.65. The van der Waals surface area contributed by atoms with Gasteiger partial charge in [0.1, 0.15) is 23.0 Å². The Labute approximate surface area is 213 Å². The second-order valence-corrected chi connectivity index (χ2v) is 10.1. The zero-order valence-electron chi connectivity index (χ0n) is 18.7. The van der Waals surface area contributed by atoms with Crippen molar-refractivity contribution in [1.82, 2.24) is 38.9 Å². The molecular formula is C23H18IN8O2P. The molecule has 1 unspecified atom stereocenters. The molecule has 35 heavy (non-hydrogen) atoms. The third-order valence-electron chi connectivity index (χ3n) is 5.86. The molecule has 0 aliphatic carbocycles. The zero-order valence-corrected chi connectivity index (χ0v) is 21.8. The molecule has 0 N–H and O–H groups in total. The molecule has 0 saturated carbocycles. The number of hydrogen-bond donors (Lipinski definition) is 0. The fraction of sp³-hybridized carbons (Fsp3) is 0.130. The van der Waals surface area contributed by atoms with Crippen LogP contribution in [0.4, 0.5) is 0 Å². The summed E-state index contributed by atoms with van der Waals surface area (Å²) in [7, 11) is 1.87. The molecule has 0 bridgehead atoms. The van der Waals surface area contributed by atoms with E-state index in [-0.39, 0.29) is 5.56 Å². The number of pyridine rings is 1. The molecule has 1 aromatic carbocycles. The molecule has 0 aliphatic heterocycles. The zero-order chi connectivity index (χ0) is 24.1. The monoisotopic (exact) mass is 596 g/mol. The molecular weight excluding hydrogens is 578 g/mol. The van der Waals surface area contributed by atoms with E-state index >= 15 is 0 Å². The molecule has 12 heteroatoms. The van der Waals surface area contributed by atoms with Crippen LogP contribution in [0.25, 0.3) is 32.8 Å². The predicted molar refractivity (Wildman–Crippen MR) is 144 cm³/mol. The lowest BCUT2D eigenvalue weighted by molar-refractivity contribution is 0.468. The summed E-state index contributed by atoms with van der Waals surface area (Å²) in [6, 6.07) is 11.5. The Bertz CT molecular complexity index is 1810. The van der Waals surface area contributed by atoms with Gasteiger partial charge in [0.05, 0.1) is 36.5 Å². The van der Waals surface area contributed by atoms with Gasteiger partial charge in [-0.2, -0.15) is 10.2 Å². The highest BCUT2D eigenvalue weighted by atomic mass is 127. The summed E-state index contributed by atoms with van der Waals surface area (Å²) in [5.74, 6) is 1.04. The van der Waals surface area contributed by atoms with E-state index in [0.717, 1.165) is 38.7 Å². The second-order valence-electron chi connectivity index (χ2n) is 8.04. The van der Waals surface area contributed by atoms with Crippen molar-refractivity contribution in [2.75, 3.05) is 0 Å². The molecule has 6 aromatic rings. The van der Waals surface area contributed by atoms with Crippen molar-refractivity contribution in [2.45, 2.75) is 13.5 Å². The minimum absolute atomic E-state index is 0.170. The number of benzene rings is 1. The summed E-state index contributed by atoms with van der Waals surface area (Å²) in [6.07, 6.45) is 5.35. The first kappa shape index (κ1) is 22.1.